The molecule has 1 N–H and O–H groups in total. The fourth-order valence-electron chi connectivity index (χ4n) is 2.27. The Labute approximate surface area is 160 Å². The summed E-state index contributed by atoms with van der Waals surface area (Å²) in [6.07, 6.45) is 1.72. The average molecular weight is 421 g/mol. The van der Waals surface area contributed by atoms with Gasteiger partial charge in [0.05, 0.1) is 12.2 Å². The molecule has 0 atom stereocenters. The van der Waals surface area contributed by atoms with Crippen molar-refractivity contribution in [3.05, 3.63) is 56.9 Å². The van der Waals surface area contributed by atoms with Crippen molar-refractivity contribution < 1.29 is 9.59 Å². The Morgan fingerprint density at radius 1 is 1.23 bits per heavy atom. The van der Waals surface area contributed by atoms with Gasteiger partial charge in [-0.2, -0.15) is 5.10 Å². The number of para-hydroxylation sites is 1. The molecule has 0 aliphatic heterocycles. The fourth-order valence-corrected chi connectivity index (χ4v) is 2.65. The van der Waals surface area contributed by atoms with E-state index in [0.29, 0.717) is 12.2 Å². The van der Waals surface area contributed by atoms with E-state index in [9.17, 15) is 14.4 Å². The number of nitrogens with zero attached hydrogens (tertiary/aromatic N) is 3. The summed E-state index contributed by atoms with van der Waals surface area (Å²) in [6, 6.07) is 9.93. The highest BCUT2D eigenvalue weighted by Crippen LogP contribution is 2.20. The van der Waals surface area contributed by atoms with E-state index in [1.165, 1.54) is 28.8 Å². The predicted molar refractivity (Wildman–Crippen MR) is 103 cm³/mol. The number of halogens is 1. The van der Waals surface area contributed by atoms with Crippen LogP contribution in [0.15, 0.2) is 45.7 Å². The average Bonchev–Trinajstić information content (AvgIpc) is 2.62. The van der Waals surface area contributed by atoms with Gasteiger partial charge in [0.25, 0.3) is 11.5 Å². The number of aryl methyl sites for hydroxylation is 1. The highest BCUT2D eigenvalue weighted by Gasteiger charge is 2.17. The Morgan fingerprint density at radius 3 is 2.65 bits per heavy atom. The maximum atomic E-state index is 12.5. The van der Waals surface area contributed by atoms with Crippen LogP contribution in [-0.4, -0.2) is 40.1 Å². The molecule has 0 unspecified atom stereocenters. The van der Waals surface area contributed by atoms with Gasteiger partial charge in [-0.05, 0) is 40.5 Å². The molecule has 7 nitrogen and oxygen atoms in total. The normalized spacial score (nSPS) is 10.4. The Hall–Kier alpha value is -2.48. The van der Waals surface area contributed by atoms with Crippen LogP contribution in [0.4, 0.5) is 5.69 Å². The number of aromatic nitrogens is 2. The molecule has 2 rings (SSSR count). The van der Waals surface area contributed by atoms with Crippen LogP contribution in [0.5, 0.6) is 0 Å². The van der Waals surface area contributed by atoms with Crippen molar-refractivity contribution in [3.8, 4) is 0 Å². The molecule has 2 aromatic rings. The second kappa shape index (κ2) is 9.28. The Morgan fingerprint density at radius 2 is 1.96 bits per heavy atom. The number of hydrogen-bond donors (Lipinski definition) is 1. The lowest BCUT2D eigenvalue weighted by molar-refractivity contribution is -0.116. The van der Waals surface area contributed by atoms with Gasteiger partial charge < -0.3 is 10.2 Å². The van der Waals surface area contributed by atoms with Crippen LogP contribution < -0.4 is 10.9 Å². The fraction of sp³-hybridized carbons (Fsp3) is 0.333. The lowest BCUT2D eigenvalue weighted by atomic mass is 10.3. The topological polar surface area (TPSA) is 84.3 Å². The molecule has 0 saturated heterocycles. The summed E-state index contributed by atoms with van der Waals surface area (Å²) in [4.78, 5) is 37.7. The quantitative estimate of drug-likeness (QED) is 0.745. The summed E-state index contributed by atoms with van der Waals surface area (Å²) in [5.74, 6) is -0.746. The molecule has 0 radical (unpaired) electrons. The minimum Gasteiger partial charge on any atom is -0.331 e. The third kappa shape index (κ3) is 5.26. The van der Waals surface area contributed by atoms with E-state index in [0.717, 1.165) is 17.3 Å². The Kier molecular flexibility index (Phi) is 7.08. The summed E-state index contributed by atoms with van der Waals surface area (Å²) >= 11 is 3.35. The standard InChI is InChI=1S/C18H21BrN4O3/c1-3-4-11-23-17(25)10-9-15(21-23)18(26)22(2)12-16(24)20-14-8-6-5-7-13(14)19/h5-10H,3-4,11-12H2,1-2H3,(H,20,24). The first-order valence-corrected chi connectivity index (χ1v) is 9.09. The van der Waals surface area contributed by atoms with Crippen molar-refractivity contribution in [2.24, 2.45) is 0 Å². The maximum absolute atomic E-state index is 12.5. The lowest BCUT2D eigenvalue weighted by Crippen LogP contribution is -2.36. The van der Waals surface area contributed by atoms with Gasteiger partial charge in [0.15, 0.2) is 0 Å². The molecule has 2 amide bonds. The van der Waals surface area contributed by atoms with Crippen molar-refractivity contribution >= 4 is 33.4 Å². The number of carbonyl (C=O) groups excluding carboxylic acids is 2. The molecule has 1 heterocycles. The summed E-state index contributed by atoms with van der Waals surface area (Å²) in [5.41, 5.74) is 0.519. The van der Waals surface area contributed by atoms with Crippen molar-refractivity contribution in [1.29, 1.82) is 0 Å². The molecule has 0 spiro atoms. The molecule has 0 saturated carbocycles. The predicted octanol–water partition coefficient (Wildman–Crippen LogP) is 2.52. The van der Waals surface area contributed by atoms with Crippen molar-refractivity contribution in [2.45, 2.75) is 26.3 Å². The molecule has 1 aromatic heterocycles. The van der Waals surface area contributed by atoms with Gasteiger partial charge in [-0.1, -0.05) is 25.5 Å². The van der Waals surface area contributed by atoms with E-state index in [1.54, 1.807) is 12.1 Å². The van der Waals surface area contributed by atoms with Gasteiger partial charge in [-0.15, -0.1) is 0 Å². The van der Waals surface area contributed by atoms with Crippen LogP contribution in [0.25, 0.3) is 0 Å². The smallest absolute Gasteiger partial charge is 0.274 e. The lowest BCUT2D eigenvalue weighted by Gasteiger charge is -2.17. The minimum atomic E-state index is -0.419. The van der Waals surface area contributed by atoms with Crippen molar-refractivity contribution in [1.82, 2.24) is 14.7 Å². The van der Waals surface area contributed by atoms with E-state index in [-0.39, 0.29) is 23.7 Å². The van der Waals surface area contributed by atoms with Gasteiger partial charge in [0.2, 0.25) is 5.91 Å². The highest BCUT2D eigenvalue weighted by atomic mass is 79.9. The van der Waals surface area contributed by atoms with E-state index in [4.69, 9.17) is 0 Å². The van der Waals surface area contributed by atoms with E-state index < -0.39 is 5.91 Å². The largest absolute Gasteiger partial charge is 0.331 e. The van der Waals surface area contributed by atoms with Crippen LogP contribution in [0.3, 0.4) is 0 Å². The van der Waals surface area contributed by atoms with Gasteiger partial charge >= 0.3 is 0 Å². The molecule has 0 fully saturated rings. The third-order valence-corrected chi connectivity index (χ3v) is 4.38. The number of nitrogens with one attached hydrogen (secondary N) is 1. The molecule has 0 bridgehead atoms. The van der Waals surface area contributed by atoms with E-state index >= 15 is 0 Å². The molecule has 8 heteroatoms. The Balaban J connectivity index is 2.04. The maximum Gasteiger partial charge on any atom is 0.274 e. The van der Waals surface area contributed by atoms with E-state index in [1.807, 2.05) is 19.1 Å². The molecule has 0 aliphatic carbocycles. The van der Waals surface area contributed by atoms with Gasteiger partial charge in [-0.3, -0.25) is 14.4 Å². The molecule has 26 heavy (non-hydrogen) atoms. The highest BCUT2D eigenvalue weighted by molar-refractivity contribution is 9.10. The van der Waals surface area contributed by atoms with Crippen LogP contribution in [0.2, 0.25) is 0 Å². The zero-order chi connectivity index (χ0) is 19.1. The monoisotopic (exact) mass is 420 g/mol. The number of likely N-dealkylation sites (N-methyl/N-ethyl adjacent to an activating group) is 1. The van der Waals surface area contributed by atoms with Crippen molar-refractivity contribution in [3.63, 3.8) is 0 Å². The number of hydrogen-bond acceptors (Lipinski definition) is 4. The van der Waals surface area contributed by atoms with Crippen LogP contribution >= 0.6 is 15.9 Å². The minimum absolute atomic E-state index is 0.129. The van der Waals surface area contributed by atoms with Crippen LogP contribution in [-0.2, 0) is 11.3 Å². The third-order valence-electron chi connectivity index (χ3n) is 3.68. The van der Waals surface area contributed by atoms with Gasteiger partial charge in [-0.25, -0.2) is 4.68 Å². The molecule has 138 valence electrons. The summed E-state index contributed by atoms with van der Waals surface area (Å²) in [5, 5.41) is 6.85. The Bertz CT molecular complexity index is 850. The molecule has 1 aromatic carbocycles. The second-order valence-corrected chi connectivity index (χ2v) is 6.68. The number of anilines is 1. The van der Waals surface area contributed by atoms with Gasteiger partial charge in [0.1, 0.15) is 5.69 Å². The number of carbonyl (C=O) groups is 2. The first kappa shape index (κ1) is 19.8. The number of amides is 2. The summed E-state index contributed by atoms with van der Waals surface area (Å²) < 4.78 is 2.04. The SMILES string of the molecule is CCCCn1nc(C(=O)N(C)CC(=O)Nc2ccccc2Br)ccc1=O. The molecule has 0 aliphatic rings. The zero-order valence-electron chi connectivity index (χ0n) is 14.7. The summed E-state index contributed by atoms with van der Waals surface area (Å²) in [6.45, 7) is 2.34. The van der Waals surface area contributed by atoms with Crippen LogP contribution in [0.1, 0.15) is 30.3 Å². The van der Waals surface area contributed by atoms with E-state index in [2.05, 4.69) is 26.3 Å². The first-order chi connectivity index (χ1) is 12.4. The molecular weight excluding hydrogens is 400 g/mol. The van der Waals surface area contributed by atoms with Gasteiger partial charge in [0, 0.05) is 24.1 Å². The number of unbranched alkanes of at least 4 members (excludes halogenated alkanes) is 1. The van der Waals surface area contributed by atoms with Crippen LogP contribution in [0, 0.1) is 0 Å². The first-order valence-electron chi connectivity index (χ1n) is 8.30. The zero-order valence-corrected chi connectivity index (χ0v) is 16.3. The molecular formula is C18H21BrN4O3. The van der Waals surface area contributed by atoms with Crippen molar-refractivity contribution in [2.75, 3.05) is 18.9 Å². The number of benzene rings is 1. The number of rotatable bonds is 7. The summed E-state index contributed by atoms with van der Waals surface area (Å²) in [7, 11) is 1.52. The second-order valence-electron chi connectivity index (χ2n) is 5.82.